The van der Waals surface area contributed by atoms with Crippen LogP contribution < -0.4 is 14.2 Å². The van der Waals surface area contributed by atoms with E-state index in [9.17, 15) is 14.9 Å². The van der Waals surface area contributed by atoms with Gasteiger partial charge in [-0.1, -0.05) is 11.6 Å². The molecular weight excluding hydrogens is 400 g/mol. The summed E-state index contributed by atoms with van der Waals surface area (Å²) < 4.78 is 16.3. The van der Waals surface area contributed by atoms with Crippen molar-refractivity contribution in [2.24, 2.45) is 0 Å². The molecule has 0 saturated carbocycles. The number of ether oxygens (including phenoxy) is 3. The Labute approximate surface area is 173 Å². The van der Waals surface area contributed by atoms with E-state index in [1.807, 2.05) is 18.2 Å². The summed E-state index contributed by atoms with van der Waals surface area (Å²) in [5.74, 6) is 1.40. The zero-order valence-corrected chi connectivity index (χ0v) is 16.8. The summed E-state index contributed by atoms with van der Waals surface area (Å²) in [6.45, 7) is 0.377. The maximum atomic E-state index is 12.8. The van der Waals surface area contributed by atoms with E-state index in [1.165, 1.54) is 18.2 Å². The highest BCUT2D eigenvalue weighted by Gasteiger charge is 2.32. The molecule has 1 aliphatic heterocycles. The first-order chi connectivity index (χ1) is 13.9. The van der Waals surface area contributed by atoms with Crippen molar-refractivity contribution in [1.82, 2.24) is 4.90 Å². The lowest BCUT2D eigenvalue weighted by atomic mass is 10.0. The van der Waals surface area contributed by atoms with Gasteiger partial charge in [-0.05, 0) is 37.1 Å². The fourth-order valence-corrected chi connectivity index (χ4v) is 3.66. The molecule has 0 aromatic heterocycles. The lowest BCUT2D eigenvalue weighted by Gasteiger charge is -2.26. The molecule has 1 heterocycles. The molecule has 0 aliphatic carbocycles. The van der Waals surface area contributed by atoms with Gasteiger partial charge in [-0.25, -0.2) is 0 Å². The van der Waals surface area contributed by atoms with Gasteiger partial charge in [-0.2, -0.15) is 0 Å². The minimum absolute atomic E-state index is 0.0828. The molecule has 1 aliphatic rings. The van der Waals surface area contributed by atoms with E-state index in [1.54, 1.807) is 19.1 Å². The molecule has 1 fully saturated rings. The number of carbonyl (C=O) groups excluding carboxylic acids is 1. The zero-order chi connectivity index (χ0) is 21.0. The number of carbonyl (C=O) groups is 1. The summed E-state index contributed by atoms with van der Waals surface area (Å²) in [6, 6.07) is 9.23. The fourth-order valence-electron chi connectivity index (χ4n) is 3.43. The molecule has 1 saturated heterocycles. The molecular formula is C20H21ClN2O6. The second-order valence-corrected chi connectivity index (χ2v) is 6.92. The highest BCUT2D eigenvalue weighted by Crippen LogP contribution is 2.39. The Bertz CT molecular complexity index is 920. The van der Waals surface area contributed by atoms with Crippen LogP contribution in [0, 0.1) is 10.1 Å². The van der Waals surface area contributed by atoms with Crippen molar-refractivity contribution in [3.8, 4) is 17.2 Å². The van der Waals surface area contributed by atoms with E-state index in [0.29, 0.717) is 18.0 Å². The lowest BCUT2D eigenvalue weighted by molar-refractivity contribution is -0.384. The Morgan fingerprint density at radius 2 is 1.97 bits per heavy atom. The van der Waals surface area contributed by atoms with Gasteiger partial charge in [-0.3, -0.25) is 14.9 Å². The van der Waals surface area contributed by atoms with Gasteiger partial charge in [0.25, 0.3) is 11.6 Å². The van der Waals surface area contributed by atoms with E-state index in [4.69, 9.17) is 25.8 Å². The maximum absolute atomic E-state index is 12.8. The first-order valence-corrected chi connectivity index (χ1v) is 9.40. The predicted molar refractivity (Wildman–Crippen MR) is 107 cm³/mol. The smallest absolute Gasteiger partial charge is 0.271 e. The molecule has 154 valence electrons. The SMILES string of the molecule is COc1ccc(OC)c([C@H]2CCCN2C(=O)COc2ccc([N+](=O)[O-])cc2Cl)c1. The number of non-ortho nitro benzene ring substituents is 1. The number of methoxy groups -OCH3 is 2. The average Bonchev–Trinajstić information content (AvgIpc) is 3.21. The van der Waals surface area contributed by atoms with Gasteiger partial charge in [0.15, 0.2) is 6.61 Å². The van der Waals surface area contributed by atoms with Crippen molar-refractivity contribution in [1.29, 1.82) is 0 Å². The highest BCUT2D eigenvalue weighted by atomic mass is 35.5. The number of rotatable bonds is 7. The van der Waals surface area contributed by atoms with Crippen LogP contribution in [0.3, 0.4) is 0 Å². The molecule has 3 rings (SSSR count). The Morgan fingerprint density at radius 3 is 2.62 bits per heavy atom. The fraction of sp³-hybridized carbons (Fsp3) is 0.350. The Balaban J connectivity index is 1.73. The van der Waals surface area contributed by atoms with Crippen molar-refractivity contribution < 1.29 is 23.9 Å². The monoisotopic (exact) mass is 420 g/mol. The van der Waals surface area contributed by atoms with Crippen LogP contribution >= 0.6 is 11.6 Å². The quantitative estimate of drug-likeness (QED) is 0.496. The Hall–Kier alpha value is -3.00. The number of likely N-dealkylation sites (tertiary alicyclic amines) is 1. The summed E-state index contributed by atoms with van der Waals surface area (Å²) in [5, 5.41) is 10.9. The third-order valence-electron chi connectivity index (χ3n) is 4.85. The van der Waals surface area contributed by atoms with Gasteiger partial charge in [0.2, 0.25) is 0 Å². The molecule has 0 bridgehead atoms. The molecule has 2 aromatic rings. The van der Waals surface area contributed by atoms with E-state index >= 15 is 0 Å². The molecule has 29 heavy (non-hydrogen) atoms. The largest absolute Gasteiger partial charge is 0.497 e. The molecule has 0 radical (unpaired) electrons. The van der Waals surface area contributed by atoms with Crippen molar-refractivity contribution >= 4 is 23.2 Å². The number of nitrogens with zero attached hydrogens (tertiary/aromatic N) is 2. The minimum Gasteiger partial charge on any atom is -0.497 e. The third kappa shape index (κ3) is 4.54. The Morgan fingerprint density at radius 1 is 1.21 bits per heavy atom. The van der Waals surface area contributed by atoms with E-state index < -0.39 is 4.92 Å². The second-order valence-electron chi connectivity index (χ2n) is 6.51. The second kappa shape index (κ2) is 9.00. The van der Waals surface area contributed by atoms with Gasteiger partial charge >= 0.3 is 0 Å². The van der Waals surface area contributed by atoms with Crippen molar-refractivity contribution in [2.75, 3.05) is 27.4 Å². The zero-order valence-electron chi connectivity index (χ0n) is 16.1. The van der Waals surface area contributed by atoms with E-state index in [2.05, 4.69) is 0 Å². The van der Waals surface area contributed by atoms with Gasteiger partial charge in [-0.15, -0.1) is 0 Å². The first-order valence-electron chi connectivity index (χ1n) is 9.02. The van der Waals surface area contributed by atoms with Crippen LogP contribution in [0.1, 0.15) is 24.4 Å². The summed E-state index contributed by atoms with van der Waals surface area (Å²) in [5.41, 5.74) is 0.740. The van der Waals surface area contributed by atoms with Gasteiger partial charge in [0.1, 0.15) is 17.2 Å². The van der Waals surface area contributed by atoms with Gasteiger partial charge in [0, 0.05) is 24.2 Å². The minimum atomic E-state index is -0.544. The number of halogens is 1. The molecule has 0 unspecified atom stereocenters. The number of hydrogen-bond donors (Lipinski definition) is 0. The van der Waals surface area contributed by atoms with Crippen LogP contribution in [0.25, 0.3) is 0 Å². The standard InChI is InChI=1S/C20H21ClN2O6/c1-27-14-6-8-18(28-2)15(11-14)17-4-3-9-22(17)20(24)12-29-19-7-5-13(23(25)26)10-16(19)21/h5-8,10-11,17H,3-4,9,12H2,1-2H3/t17-/m1/s1. The molecule has 0 spiro atoms. The van der Waals surface area contributed by atoms with Gasteiger partial charge in [0.05, 0.1) is 30.2 Å². The molecule has 9 heteroatoms. The van der Waals surface area contributed by atoms with Gasteiger partial charge < -0.3 is 19.1 Å². The summed E-state index contributed by atoms with van der Waals surface area (Å²) >= 11 is 6.03. The first kappa shape index (κ1) is 20.7. The number of nitro groups is 1. The third-order valence-corrected chi connectivity index (χ3v) is 5.14. The topological polar surface area (TPSA) is 91.1 Å². The number of nitro benzene ring substituents is 1. The van der Waals surface area contributed by atoms with Crippen molar-refractivity contribution in [2.45, 2.75) is 18.9 Å². The van der Waals surface area contributed by atoms with Crippen LogP contribution in [-0.4, -0.2) is 43.1 Å². The van der Waals surface area contributed by atoms with E-state index in [0.717, 1.165) is 18.4 Å². The number of amides is 1. The molecule has 1 atom stereocenters. The summed E-state index contributed by atoms with van der Waals surface area (Å²) in [4.78, 5) is 24.8. The predicted octanol–water partition coefficient (Wildman–Crippen LogP) is 4.01. The van der Waals surface area contributed by atoms with Crippen LogP contribution in [-0.2, 0) is 4.79 Å². The normalized spacial score (nSPS) is 15.8. The molecule has 2 aromatic carbocycles. The number of hydrogen-bond acceptors (Lipinski definition) is 6. The average molecular weight is 421 g/mol. The van der Waals surface area contributed by atoms with Crippen LogP contribution in [0.2, 0.25) is 5.02 Å². The van der Waals surface area contributed by atoms with Crippen LogP contribution in [0.5, 0.6) is 17.2 Å². The van der Waals surface area contributed by atoms with E-state index in [-0.39, 0.29) is 35.0 Å². The summed E-state index contributed by atoms with van der Waals surface area (Å²) in [6.07, 6.45) is 1.66. The molecule has 8 nitrogen and oxygen atoms in total. The Kier molecular flexibility index (Phi) is 6.43. The number of benzene rings is 2. The highest BCUT2D eigenvalue weighted by molar-refractivity contribution is 6.32. The van der Waals surface area contributed by atoms with Crippen molar-refractivity contribution in [3.63, 3.8) is 0 Å². The lowest BCUT2D eigenvalue weighted by Crippen LogP contribution is -2.34. The molecule has 0 N–H and O–H groups in total. The molecule has 1 amide bonds. The van der Waals surface area contributed by atoms with Crippen LogP contribution in [0.4, 0.5) is 5.69 Å². The summed E-state index contributed by atoms with van der Waals surface area (Å²) in [7, 11) is 3.18. The van der Waals surface area contributed by atoms with Crippen molar-refractivity contribution in [3.05, 3.63) is 57.1 Å². The van der Waals surface area contributed by atoms with Crippen LogP contribution in [0.15, 0.2) is 36.4 Å². The maximum Gasteiger partial charge on any atom is 0.271 e.